The Labute approximate surface area is 265 Å². The molecule has 4 aliphatic rings. The van der Waals surface area contributed by atoms with E-state index < -0.39 is 6.29 Å². The average molecular weight is 610 g/mol. The summed E-state index contributed by atoms with van der Waals surface area (Å²) in [5.74, 6) is -0.381. The van der Waals surface area contributed by atoms with Crippen LogP contribution < -0.4 is 0 Å². The number of imide groups is 1. The molecule has 0 unspecified atom stereocenters. The molecule has 0 saturated carbocycles. The van der Waals surface area contributed by atoms with Gasteiger partial charge in [-0.3, -0.25) is 19.4 Å². The van der Waals surface area contributed by atoms with Crippen molar-refractivity contribution in [1.82, 2.24) is 14.7 Å². The molecule has 8 nitrogen and oxygen atoms in total. The van der Waals surface area contributed by atoms with E-state index >= 15 is 0 Å². The summed E-state index contributed by atoms with van der Waals surface area (Å²) < 4.78 is 13.5. The molecule has 0 aromatic heterocycles. The van der Waals surface area contributed by atoms with E-state index in [0.717, 1.165) is 41.9 Å². The third-order valence-electron chi connectivity index (χ3n) is 10.2. The van der Waals surface area contributed by atoms with Crippen LogP contribution in [0.4, 0.5) is 0 Å². The zero-order chi connectivity index (χ0) is 30.9. The van der Waals surface area contributed by atoms with Gasteiger partial charge < -0.3 is 19.5 Å². The van der Waals surface area contributed by atoms with Crippen LogP contribution in [0.25, 0.3) is 0 Å². The molecule has 8 heteroatoms. The number of carbonyl (C=O) groups excluding carboxylic acids is 2. The van der Waals surface area contributed by atoms with Crippen LogP contribution in [0.3, 0.4) is 0 Å². The van der Waals surface area contributed by atoms with E-state index in [2.05, 4.69) is 28.9 Å². The molecular weight excluding hydrogens is 566 g/mol. The van der Waals surface area contributed by atoms with Crippen LogP contribution >= 0.6 is 0 Å². The van der Waals surface area contributed by atoms with E-state index in [4.69, 9.17) is 9.47 Å². The maximum absolute atomic E-state index is 12.9. The number of fused-ring (bicyclic) bond motifs is 1. The van der Waals surface area contributed by atoms with Gasteiger partial charge in [0.15, 0.2) is 6.29 Å². The quantitative estimate of drug-likeness (QED) is 0.329. The van der Waals surface area contributed by atoms with Crippen molar-refractivity contribution < 1.29 is 24.2 Å². The van der Waals surface area contributed by atoms with Crippen LogP contribution in [0.1, 0.15) is 88.0 Å². The number of likely N-dealkylation sites (tertiary alicyclic amines) is 2. The van der Waals surface area contributed by atoms with Gasteiger partial charge in [-0.2, -0.15) is 0 Å². The minimum Gasteiger partial charge on any atom is -0.392 e. The van der Waals surface area contributed by atoms with E-state index in [1.807, 2.05) is 36.4 Å². The van der Waals surface area contributed by atoms with Crippen molar-refractivity contribution in [3.63, 3.8) is 0 Å². The SMILES string of the molecule is C[C@H]1[C@@H](CN2CCC[C@H]2CN2CCCC2)O[C@@H](c2ccc(CN3C(=O)c4ccccc4C3=O)cc2)O[C@H]1c1ccc(CO)cc1. The van der Waals surface area contributed by atoms with Gasteiger partial charge in [0.05, 0.1) is 36.5 Å². The highest BCUT2D eigenvalue weighted by atomic mass is 16.7. The molecule has 3 aromatic rings. The predicted molar refractivity (Wildman–Crippen MR) is 170 cm³/mol. The van der Waals surface area contributed by atoms with Gasteiger partial charge >= 0.3 is 0 Å². The largest absolute Gasteiger partial charge is 0.392 e. The van der Waals surface area contributed by atoms with Gasteiger partial charge in [-0.1, -0.05) is 67.6 Å². The van der Waals surface area contributed by atoms with Crippen LogP contribution in [0.15, 0.2) is 72.8 Å². The minimum atomic E-state index is -0.554. The first kappa shape index (κ1) is 30.3. The Balaban J connectivity index is 1.09. The standard InChI is InChI=1S/C37H43N3O5/c1-25-33(23-39-20-6-7-30(39)22-38-18-4-5-19-38)44-37(45-34(25)28-14-12-27(24-41)13-15-28)29-16-10-26(11-17-29)21-40-35(42)31-8-2-3-9-32(31)36(40)43/h2-3,8-17,25,30,33-34,37,41H,4-7,18-24H2,1H3/t25-,30-,33+,34+,37+/m0/s1. The molecule has 3 aromatic carbocycles. The van der Waals surface area contributed by atoms with Crippen molar-refractivity contribution in [3.05, 3.63) is 106 Å². The van der Waals surface area contributed by atoms with Crippen molar-refractivity contribution in [3.8, 4) is 0 Å². The van der Waals surface area contributed by atoms with Crippen molar-refractivity contribution in [2.24, 2.45) is 5.92 Å². The van der Waals surface area contributed by atoms with Gasteiger partial charge in [0.1, 0.15) is 0 Å². The van der Waals surface area contributed by atoms with Crippen molar-refractivity contribution >= 4 is 11.8 Å². The minimum absolute atomic E-state index is 0.0101. The van der Waals surface area contributed by atoms with Crippen molar-refractivity contribution in [1.29, 1.82) is 0 Å². The second-order valence-corrected chi connectivity index (χ2v) is 13.1. The third kappa shape index (κ3) is 6.22. The molecule has 0 bridgehead atoms. The third-order valence-corrected chi connectivity index (χ3v) is 10.2. The predicted octanol–water partition coefficient (Wildman–Crippen LogP) is 5.33. The second-order valence-electron chi connectivity index (χ2n) is 13.1. The Bertz CT molecular complexity index is 1470. The number of amides is 2. The zero-order valence-corrected chi connectivity index (χ0v) is 26.0. The summed E-state index contributed by atoms with van der Waals surface area (Å²) in [7, 11) is 0. The Hall–Kier alpha value is -3.40. The highest BCUT2D eigenvalue weighted by molar-refractivity contribution is 6.21. The lowest BCUT2D eigenvalue weighted by atomic mass is 9.90. The first-order valence-corrected chi connectivity index (χ1v) is 16.5. The molecule has 0 spiro atoms. The lowest BCUT2D eigenvalue weighted by Crippen LogP contribution is -2.48. The van der Waals surface area contributed by atoms with Gasteiger partial charge in [-0.25, -0.2) is 0 Å². The number of rotatable bonds is 9. The Kier molecular flexibility index (Phi) is 8.84. The smallest absolute Gasteiger partial charge is 0.261 e. The average Bonchev–Trinajstić information content (AvgIpc) is 3.81. The van der Waals surface area contributed by atoms with E-state index in [1.54, 1.807) is 24.3 Å². The fraction of sp³-hybridized carbons (Fsp3) is 0.459. The highest BCUT2D eigenvalue weighted by Gasteiger charge is 2.41. The molecule has 0 aliphatic carbocycles. The van der Waals surface area contributed by atoms with Gasteiger partial charge in [0.2, 0.25) is 0 Å². The number of hydrogen-bond donors (Lipinski definition) is 1. The fourth-order valence-electron chi connectivity index (χ4n) is 7.51. The van der Waals surface area contributed by atoms with E-state index in [1.165, 1.54) is 43.7 Å². The Morgan fingerprint density at radius 1 is 0.756 bits per heavy atom. The van der Waals surface area contributed by atoms with Gasteiger partial charge in [-0.05, 0) is 74.1 Å². The molecule has 4 heterocycles. The van der Waals surface area contributed by atoms with Crippen LogP contribution in [0.2, 0.25) is 0 Å². The topological polar surface area (TPSA) is 82.6 Å². The first-order chi connectivity index (χ1) is 22.0. The molecule has 3 saturated heterocycles. The zero-order valence-electron chi connectivity index (χ0n) is 26.0. The fourth-order valence-corrected chi connectivity index (χ4v) is 7.51. The second kappa shape index (κ2) is 13.1. The molecule has 45 heavy (non-hydrogen) atoms. The molecular formula is C37H43N3O5. The monoisotopic (exact) mass is 609 g/mol. The van der Waals surface area contributed by atoms with Crippen LogP contribution in [0.5, 0.6) is 0 Å². The molecule has 1 N–H and O–H groups in total. The summed E-state index contributed by atoms with van der Waals surface area (Å²) >= 11 is 0. The molecule has 236 valence electrons. The number of ether oxygens (including phenoxy) is 2. The summed E-state index contributed by atoms with van der Waals surface area (Å²) in [5, 5.41) is 9.60. The first-order valence-electron chi connectivity index (χ1n) is 16.5. The lowest BCUT2D eigenvalue weighted by molar-refractivity contribution is -0.276. The summed E-state index contributed by atoms with van der Waals surface area (Å²) in [4.78, 5) is 32.4. The Morgan fingerprint density at radius 3 is 2.07 bits per heavy atom. The lowest BCUT2D eigenvalue weighted by Gasteiger charge is -2.43. The Morgan fingerprint density at radius 2 is 1.40 bits per heavy atom. The summed E-state index contributed by atoms with van der Waals surface area (Å²) in [6, 6.07) is 23.5. The number of benzene rings is 3. The normalized spacial score (nSPS) is 27.4. The van der Waals surface area contributed by atoms with E-state index in [9.17, 15) is 14.7 Å². The maximum Gasteiger partial charge on any atom is 0.261 e. The van der Waals surface area contributed by atoms with E-state index in [0.29, 0.717) is 17.2 Å². The molecule has 2 amide bonds. The van der Waals surface area contributed by atoms with Crippen LogP contribution in [0, 0.1) is 5.92 Å². The summed E-state index contributed by atoms with van der Waals surface area (Å²) in [5.41, 5.74) is 4.65. The van der Waals surface area contributed by atoms with Gasteiger partial charge in [0.25, 0.3) is 11.8 Å². The number of carbonyl (C=O) groups is 2. The number of aliphatic hydroxyl groups excluding tert-OH is 1. The van der Waals surface area contributed by atoms with Gasteiger partial charge in [-0.15, -0.1) is 0 Å². The van der Waals surface area contributed by atoms with Crippen molar-refractivity contribution in [2.75, 3.05) is 32.7 Å². The summed E-state index contributed by atoms with van der Waals surface area (Å²) in [6.07, 6.45) is 4.33. The molecule has 7 rings (SSSR count). The van der Waals surface area contributed by atoms with Gasteiger partial charge in [0, 0.05) is 30.6 Å². The number of hydrogen-bond acceptors (Lipinski definition) is 7. The molecule has 3 fully saturated rings. The number of nitrogens with zero attached hydrogens (tertiary/aromatic N) is 3. The van der Waals surface area contributed by atoms with E-state index in [-0.39, 0.29) is 43.1 Å². The molecule has 5 atom stereocenters. The van der Waals surface area contributed by atoms with Crippen molar-refractivity contribution in [2.45, 2.75) is 70.3 Å². The maximum atomic E-state index is 12.9. The van der Waals surface area contributed by atoms with Crippen LogP contribution in [-0.2, 0) is 22.6 Å². The summed E-state index contributed by atoms with van der Waals surface area (Å²) in [6.45, 7) is 7.98. The highest BCUT2D eigenvalue weighted by Crippen LogP contribution is 2.42. The van der Waals surface area contributed by atoms with Crippen LogP contribution in [-0.4, -0.2) is 76.5 Å². The number of aliphatic hydroxyl groups is 1. The molecule has 4 aliphatic heterocycles. The molecule has 0 radical (unpaired) electrons.